The molecule has 2 bridgehead atoms. The molecule has 108 valence electrons. The van der Waals surface area contributed by atoms with E-state index in [0.29, 0.717) is 17.5 Å². The topological polar surface area (TPSA) is 51.2 Å². The molecule has 0 spiro atoms. The van der Waals surface area contributed by atoms with Crippen LogP contribution in [-0.4, -0.2) is 24.0 Å². The standard InChI is InChI=1S/C16H22N2O2/c1-10(13-9-11-6-7-12(13)8-11)17-16(19)14-4-3-5-15(18-14)20-2/h3-5,10-13H,6-9H2,1-2H3,(H,17,19). The molecule has 2 saturated carbocycles. The predicted molar refractivity (Wildman–Crippen MR) is 76.7 cm³/mol. The van der Waals surface area contributed by atoms with Crippen molar-refractivity contribution in [1.29, 1.82) is 0 Å². The number of methoxy groups -OCH3 is 1. The monoisotopic (exact) mass is 274 g/mol. The summed E-state index contributed by atoms with van der Waals surface area (Å²) in [5.41, 5.74) is 0.430. The summed E-state index contributed by atoms with van der Waals surface area (Å²) in [6.07, 6.45) is 5.37. The molecule has 2 aliphatic rings. The van der Waals surface area contributed by atoms with Crippen molar-refractivity contribution >= 4 is 5.91 Å². The summed E-state index contributed by atoms with van der Waals surface area (Å²) in [6.45, 7) is 2.13. The second-order valence-electron chi connectivity index (χ2n) is 6.17. The zero-order valence-corrected chi connectivity index (χ0v) is 12.1. The predicted octanol–water partition coefficient (Wildman–Crippen LogP) is 2.64. The van der Waals surface area contributed by atoms with E-state index in [1.165, 1.54) is 25.7 Å². The van der Waals surface area contributed by atoms with Gasteiger partial charge in [0.2, 0.25) is 5.88 Å². The van der Waals surface area contributed by atoms with Crippen LogP contribution in [0.4, 0.5) is 0 Å². The molecule has 1 N–H and O–H groups in total. The zero-order chi connectivity index (χ0) is 14.1. The summed E-state index contributed by atoms with van der Waals surface area (Å²) in [7, 11) is 1.56. The number of ether oxygens (including phenoxy) is 1. The molecular weight excluding hydrogens is 252 g/mol. The first-order valence-corrected chi connectivity index (χ1v) is 7.49. The smallest absolute Gasteiger partial charge is 0.270 e. The average Bonchev–Trinajstić information content (AvgIpc) is 3.10. The maximum atomic E-state index is 12.3. The Balaban J connectivity index is 1.63. The Kier molecular flexibility index (Phi) is 3.64. The van der Waals surface area contributed by atoms with Gasteiger partial charge in [-0.15, -0.1) is 0 Å². The molecule has 4 heteroatoms. The number of nitrogens with one attached hydrogen (secondary N) is 1. The fraction of sp³-hybridized carbons (Fsp3) is 0.625. The van der Waals surface area contributed by atoms with Crippen LogP contribution in [0.15, 0.2) is 18.2 Å². The van der Waals surface area contributed by atoms with E-state index in [1.54, 1.807) is 25.3 Å². The van der Waals surface area contributed by atoms with Crippen molar-refractivity contribution in [2.75, 3.05) is 7.11 Å². The first-order valence-electron chi connectivity index (χ1n) is 7.49. The van der Waals surface area contributed by atoms with Gasteiger partial charge in [-0.1, -0.05) is 12.5 Å². The Labute approximate surface area is 119 Å². The third-order valence-electron chi connectivity index (χ3n) is 4.96. The minimum absolute atomic E-state index is 0.0980. The van der Waals surface area contributed by atoms with E-state index in [-0.39, 0.29) is 11.9 Å². The summed E-state index contributed by atoms with van der Waals surface area (Å²) in [5.74, 6) is 2.74. The van der Waals surface area contributed by atoms with Crippen LogP contribution < -0.4 is 10.1 Å². The van der Waals surface area contributed by atoms with Crippen LogP contribution in [0.25, 0.3) is 0 Å². The van der Waals surface area contributed by atoms with Gasteiger partial charge in [-0.2, -0.15) is 0 Å². The van der Waals surface area contributed by atoms with E-state index in [0.717, 1.165) is 11.8 Å². The van der Waals surface area contributed by atoms with Crippen molar-refractivity contribution in [3.63, 3.8) is 0 Å². The highest BCUT2D eigenvalue weighted by Crippen LogP contribution is 2.49. The third-order valence-corrected chi connectivity index (χ3v) is 4.96. The molecular formula is C16H22N2O2. The lowest BCUT2D eigenvalue weighted by Gasteiger charge is -2.28. The summed E-state index contributed by atoms with van der Waals surface area (Å²) >= 11 is 0. The number of hydrogen-bond donors (Lipinski definition) is 1. The highest BCUT2D eigenvalue weighted by molar-refractivity contribution is 5.92. The molecule has 4 atom stereocenters. The molecule has 0 saturated heterocycles. The van der Waals surface area contributed by atoms with Gasteiger partial charge < -0.3 is 10.1 Å². The number of rotatable bonds is 4. The largest absolute Gasteiger partial charge is 0.481 e. The number of pyridine rings is 1. The summed E-state index contributed by atoms with van der Waals surface area (Å²) in [6, 6.07) is 5.50. The summed E-state index contributed by atoms with van der Waals surface area (Å²) in [4.78, 5) is 16.4. The number of nitrogens with zero attached hydrogens (tertiary/aromatic N) is 1. The lowest BCUT2D eigenvalue weighted by atomic mass is 9.84. The molecule has 0 aromatic carbocycles. The lowest BCUT2D eigenvalue weighted by Crippen LogP contribution is -2.40. The molecule has 3 rings (SSSR count). The van der Waals surface area contributed by atoms with Crippen LogP contribution in [0.1, 0.15) is 43.1 Å². The first-order chi connectivity index (χ1) is 9.67. The second-order valence-corrected chi connectivity index (χ2v) is 6.17. The number of carbonyl (C=O) groups is 1. The van der Waals surface area contributed by atoms with Gasteiger partial charge >= 0.3 is 0 Å². The Morgan fingerprint density at radius 3 is 2.90 bits per heavy atom. The summed E-state index contributed by atoms with van der Waals surface area (Å²) in [5, 5.41) is 3.12. The van der Waals surface area contributed by atoms with Crippen LogP contribution in [-0.2, 0) is 0 Å². The SMILES string of the molecule is COc1cccc(C(=O)NC(C)C2CC3CCC2C3)n1. The van der Waals surface area contributed by atoms with Gasteiger partial charge in [-0.05, 0) is 50.0 Å². The van der Waals surface area contributed by atoms with Crippen molar-refractivity contribution in [3.05, 3.63) is 23.9 Å². The van der Waals surface area contributed by atoms with Gasteiger partial charge in [0.05, 0.1) is 7.11 Å². The van der Waals surface area contributed by atoms with Crippen LogP contribution in [0, 0.1) is 17.8 Å². The average molecular weight is 274 g/mol. The molecule has 20 heavy (non-hydrogen) atoms. The molecule has 0 aliphatic heterocycles. The Morgan fingerprint density at radius 2 is 2.25 bits per heavy atom. The number of hydrogen-bond acceptors (Lipinski definition) is 3. The Morgan fingerprint density at radius 1 is 1.40 bits per heavy atom. The van der Waals surface area contributed by atoms with Gasteiger partial charge in [0, 0.05) is 12.1 Å². The van der Waals surface area contributed by atoms with Crippen molar-refractivity contribution < 1.29 is 9.53 Å². The molecule has 2 aliphatic carbocycles. The van der Waals surface area contributed by atoms with Crippen LogP contribution in [0.5, 0.6) is 5.88 Å². The molecule has 1 aromatic heterocycles. The molecule has 4 unspecified atom stereocenters. The maximum Gasteiger partial charge on any atom is 0.270 e. The number of amides is 1. The fourth-order valence-electron chi connectivity index (χ4n) is 3.95. The molecule has 4 nitrogen and oxygen atoms in total. The van der Waals surface area contributed by atoms with E-state index in [1.807, 2.05) is 0 Å². The van der Waals surface area contributed by atoms with Crippen molar-refractivity contribution in [2.45, 2.75) is 38.6 Å². The van der Waals surface area contributed by atoms with E-state index in [9.17, 15) is 4.79 Å². The van der Waals surface area contributed by atoms with Crippen molar-refractivity contribution in [3.8, 4) is 5.88 Å². The lowest BCUT2D eigenvalue weighted by molar-refractivity contribution is 0.0909. The quantitative estimate of drug-likeness (QED) is 0.918. The van der Waals surface area contributed by atoms with E-state index < -0.39 is 0 Å². The van der Waals surface area contributed by atoms with Crippen molar-refractivity contribution in [1.82, 2.24) is 10.3 Å². The normalized spacial score (nSPS) is 29.2. The molecule has 0 radical (unpaired) electrons. The Bertz CT molecular complexity index is 503. The van der Waals surface area contributed by atoms with E-state index in [2.05, 4.69) is 17.2 Å². The minimum Gasteiger partial charge on any atom is -0.481 e. The maximum absolute atomic E-state index is 12.3. The second kappa shape index (κ2) is 5.43. The van der Waals surface area contributed by atoms with Crippen molar-refractivity contribution in [2.24, 2.45) is 17.8 Å². The number of aromatic nitrogens is 1. The molecule has 1 amide bonds. The highest BCUT2D eigenvalue weighted by atomic mass is 16.5. The number of carbonyl (C=O) groups excluding carboxylic acids is 1. The van der Waals surface area contributed by atoms with Crippen LogP contribution in [0.2, 0.25) is 0 Å². The fourth-order valence-corrected chi connectivity index (χ4v) is 3.95. The van der Waals surface area contributed by atoms with Gasteiger partial charge in [0.15, 0.2) is 0 Å². The zero-order valence-electron chi connectivity index (χ0n) is 12.1. The first kappa shape index (κ1) is 13.4. The Hall–Kier alpha value is -1.58. The molecule has 1 heterocycles. The minimum atomic E-state index is -0.0980. The molecule has 1 aromatic rings. The number of fused-ring (bicyclic) bond motifs is 2. The van der Waals surface area contributed by atoms with Gasteiger partial charge in [0.1, 0.15) is 5.69 Å². The van der Waals surface area contributed by atoms with Gasteiger partial charge in [-0.25, -0.2) is 4.98 Å². The highest BCUT2D eigenvalue weighted by Gasteiger charge is 2.42. The third kappa shape index (κ3) is 2.51. The van der Waals surface area contributed by atoms with E-state index in [4.69, 9.17) is 4.74 Å². The van der Waals surface area contributed by atoms with Gasteiger partial charge in [0.25, 0.3) is 5.91 Å². The van der Waals surface area contributed by atoms with Gasteiger partial charge in [-0.3, -0.25) is 4.79 Å². The van der Waals surface area contributed by atoms with E-state index >= 15 is 0 Å². The summed E-state index contributed by atoms with van der Waals surface area (Å²) < 4.78 is 5.06. The van der Waals surface area contributed by atoms with Crippen LogP contribution >= 0.6 is 0 Å². The molecule has 2 fully saturated rings. The van der Waals surface area contributed by atoms with Crippen LogP contribution in [0.3, 0.4) is 0 Å².